The monoisotopic (exact) mass is 282 g/mol. The van der Waals surface area contributed by atoms with Gasteiger partial charge in [0.1, 0.15) is 0 Å². The summed E-state index contributed by atoms with van der Waals surface area (Å²) in [7, 11) is -2.04. The first-order chi connectivity index (χ1) is 8.90. The fourth-order valence-corrected chi connectivity index (χ4v) is 3.19. The summed E-state index contributed by atoms with van der Waals surface area (Å²) in [5.74, 6) is 0. The van der Waals surface area contributed by atoms with Crippen LogP contribution in [0.4, 0.5) is 0 Å². The fourth-order valence-electron chi connectivity index (χ4n) is 1.64. The summed E-state index contributed by atoms with van der Waals surface area (Å²) in [5, 5.41) is 8.83. The van der Waals surface area contributed by atoms with E-state index in [2.05, 4.69) is 4.72 Å². The molecule has 1 atom stereocenters. The molecule has 1 rings (SSSR count). The van der Waals surface area contributed by atoms with Gasteiger partial charge in [0.15, 0.2) is 0 Å². The van der Waals surface area contributed by atoms with Gasteiger partial charge in [-0.1, -0.05) is 6.07 Å². The van der Waals surface area contributed by atoms with Crippen molar-refractivity contribution in [3.63, 3.8) is 0 Å². The topological polar surface area (TPSA) is 79.2 Å². The fraction of sp³-hybridized carbons (Fsp3) is 0.462. The number of benzene rings is 1. The van der Waals surface area contributed by atoms with E-state index >= 15 is 0 Å². The average Bonchev–Trinajstić information content (AvgIpc) is 2.36. The molecule has 0 heterocycles. The highest BCUT2D eigenvalue weighted by atomic mass is 32.2. The molecule has 0 bridgehead atoms. The number of hydrogen-bond donors (Lipinski definition) is 1. The maximum Gasteiger partial charge on any atom is 0.241 e. The van der Waals surface area contributed by atoms with E-state index in [0.717, 1.165) is 0 Å². The highest BCUT2D eigenvalue weighted by Gasteiger charge is 2.19. The Balaban J connectivity index is 2.97. The van der Waals surface area contributed by atoms with Crippen molar-refractivity contribution in [1.82, 2.24) is 4.72 Å². The Labute approximate surface area is 114 Å². The number of nitrogens with zero attached hydrogens (tertiary/aromatic N) is 1. The van der Waals surface area contributed by atoms with E-state index in [0.29, 0.717) is 24.2 Å². The zero-order valence-electron chi connectivity index (χ0n) is 11.3. The standard InChI is InChI=1S/C13H18N2O3S/c1-10-4-5-12(9-14)8-13(10)19(16,17)15-11(2)6-7-18-3/h4-5,8,11,15H,6-7H2,1-3H3. The van der Waals surface area contributed by atoms with Gasteiger partial charge < -0.3 is 4.74 Å². The van der Waals surface area contributed by atoms with Crippen LogP contribution in [0, 0.1) is 18.3 Å². The number of ether oxygens (including phenoxy) is 1. The molecule has 0 aliphatic heterocycles. The highest BCUT2D eigenvalue weighted by Crippen LogP contribution is 2.17. The molecule has 19 heavy (non-hydrogen) atoms. The second kappa shape index (κ2) is 6.66. The third-order valence-electron chi connectivity index (χ3n) is 2.72. The van der Waals surface area contributed by atoms with E-state index in [1.54, 1.807) is 33.1 Å². The summed E-state index contributed by atoms with van der Waals surface area (Å²) in [5.41, 5.74) is 0.945. The first-order valence-corrected chi connectivity index (χ1v) is 7.41. The van der Waals surface area contributed by atoms with E-state index in [-0.39, 0.29) is 10.9 Å². The number of hydrogen-bond acceptors (Lipinski definition) is 4. The van der Waals surface area contributed by atoms with Crippen molar-refractivity contribution >= 4 is 10.0 Å². The van der Waals surface area contributed by atoms with Crippen molar-refractivity contribution in [3.8, 4) is 6.07 Å². The largest absolute Gasteiger partial charge is 0.385 e. The van der Waals surface area contributed by atoms with Crippen molar-refractivity contribution in [3.05, 3.63) is 29.3 Å². The van der Waals surface area contributed by atoms with Gasteiger partial charge in [-0.05, 0) is 38.0 Å². The average molecular weight is 282 g/mol. The van der Waals surface area contributed by atoms with Crippen LogP contribution >= 0.6 is 0 Å². The van der Waals surface area contributed by atoms with Crippen LogP contribution in [0.25, 0.3) is 0 Å². The third kappa shape index (κ3) is 4.31. The molecule has 5 nitrogen and oxygen atoms in total. The van der Waals surface area contributed by atoms with Gasteiger partial charge in [0.2, 0.25) is 10.0 Å². The summed E-state index contributed by atoms with van der Waals surface area (Å²) >= 11 is 0. The summed E-state index contributed by atoms with van der Waals surface area (Å²) < 4.78 is 32.0. The van der Waals surface area contributed by atoms with Gasteiger partial charge in [0.05, 0.1) is 16.5 Å². The molecule has 0 radical (unpaired) electrons. The lowest BCUT2D eigenvalue weighted by Gasteiger charge is -2.15. The van der Waals surface area contributed by atoms with Crippen molar-refractivity contribution in [2.75, 3.05) is 13.7 Å². The number of methoxy groups -OCH3 is 1. The molecular formula is C13H18N2O3S. The van der Waals surface area contributed by atoms with Crippen molar-refractivity contribution in [2.45, 2.75) is 31.2 Å². The molecule has 0 fully saturated rings. The van der Waals surface area contributed by atoms with Crippen LogP contribution in [-0.4, -0.2) is 28.2 Å². The van der Waals surface area contributed by atoms with Crippen molar-refractivity contribution in [1.29, 1.82) is 5.26 Å². The Morgan fingerprint density at radius 3 is 2.74 bits per heavy atom. The quantitative estimate of drug-likeness (QED) is 0.859. The number of nitrogens with one attached hydrogen (secondary N) is 1. The van der Waals surface area contributed by atoms with E-state index < -0.39 is 10.0 Å². The Morgan fingerprint density at radius 2 is 2.16 bits per heavy atom. The lowest BCUT2D eigenvalue weighted by molar-refractivity contribution is 0.188. The SMILES string of the molecule is COCCC(C)NS(=O)(=O)c1cc(C#N)ccc1C. The molecule has 104 valence electrons. The molecule has 1 aromatic rings. The zero-order valence-corrected chi connectivity index (χ0v) is 12.1. The third-order valence-corrected chi connectivity index (χ3v) is 4.45. The van der Waals surface area contributed by atoms with Crippen LogP contribution in [0.2, 0.25) is 0 Å². The molecule has 0 amide bonds. The van der Waals surface area contributed by atoms with Crippen LogP contribution in [0.5, 0.6) is 0 Å². The molecule has 0 aromatic heterocycles. The maximum absolute atomic E-state index is 12.2. The minimum atomic E-state index is -3.61. The Hall–Kier alpha value is -1.42. The first-order valence-electron chi connectivity index (χ1n) is 5.92. The van der Waals surface area contributed by atoms with Crippen LogP contribution in [0.3, 0.4) is 0 Å². The van der Waals surface area contributed by atoms with E-state index in [9.17, 15) is 8.42 Å². The van der Waals surface area contributed by atoms with Crippen LogP contribution in [0.15, 0.2) is 23.1 Å². The molecule has 0 aliphatic rings. The lowest BCUT2D eigenvalue weighted by Crippen LogP contribution is -2.33. The minimum Gasteiger partial charge on any atom is -0.385 e. The number of rotatable bonds is 6. The second-order valence-corrected chi connectivity index (χ2v) is 6.08. The van der Waals surface area contributed by atoms with Gasteiger partial charge in [-0.3, -0.25) is 0 Å². The molecular weight excluding hydrogens is 264 g/mol. The Kier molecular flexibility index (Phi) is 5.48. The summed E-state index contributed by atoms with van der Waals surface area (Å²) in [6, 6.07) is 6.34. The van der Waals surface area contributed by atoms with Gasteiger partial charge in [0, 0.05) is 19.8 Å². The maximum atomic E-state index is 12.2. The van der Waals surface area contributed by atoms with E-state index in [1.165, 1.54) is 6.07 Å². The number of sulfonamides is 1. The van der Waals surface area contributed by atoms with Crippen molar-refractivity contribution in [2.24, 2.45) is 0 Å². The predicted molar refractivity (Wildman–Crippen MR) is 72.2 cm³/mol. The molecule has 1 aromatic carbocycles. The van der Waals surface area contributed by atoms with Crippen molar-refractivity contribution < 1.29 is 13.2 Å². The van der Waals surface area contributed by atoms with Crippen LogP contribution < -0.4 is 4.72 Å². The lowest BCUT2D eigenvalue weighted by atomic mass is 10.2. The molecule has 0 saturated carbocycles. The molecule has 1 N–H and O–H groups in total. The Bertz CT molecular complexity index is 576. The summed E-state index contributed by atoms with van der Waals surface area (Å²) in [6.07, 6.45) is 0.590. The highest BCUT2D eigenvalue weighted by molar-refractivity contribution is 7.89. The Morgan fingerprint density at radius 1 is 1.47 bits per heavy atom. The first kappa shape index (κ1) is 15.6. The second-order valence-electron chi connectivity index (χ2n) is 4.40. The van der Waals surface area contributed by atoms with Gasteiger partial charge in [0.25, 0.3) is 0 Å². The molecule has 0 aliphatic carbocycles. The van der Waals surface area contributed by atoms with E-state index in [4.69, 9.17) is 10.00 Å². The van der Waals surface area contributed by atoms with Crippen LogP contribution in [-0.2, 0) is 14.8 Å². The normalized spacial score (nSPS) is 12.9. The minimum absolute atomic E-state index is 0.149. The molecule has 1 unspecified atom stereocenters. The van der Waals surface area contributed by atoms with Gasteiger partial charge >= 0.3 is 0 Å². The summed E-state index contributed by atoms with van der Waals surface area (Å²) in [4.78, 5) is 0.149. The van der Waals surface area contributed by atoms with Gasteiger partial charge in [-0.25, -0.2) is 13.1 Å². The smallest absolute Gasteiger partial charge is 0.241 e. The molecule has 6 heteroatoms. The molecule has 0 saturated heterocycles. The van der Waals surface area contributed by atoms with Crippen LogP contribution in [0.1, 0.15) is 24.5 Å². The predicted octanol–water partition coefficient (Wildman–Crippen LogP) is 1.57. The summed E-state index contributed by atoms with van der Waals surface area (Å²) in [6.45, 7) is 3.97. The molecule has 0 spiro atoms. The van der Waals surface area contributed by atoms with E-state index in [1.807, 2.05) is 6.07 Å². The van der Waals surface area contributed by atoms with Gasteiger partial charge in [-0.15, -0.1) is 0 Å². The number of aryl methyl sites for hydroxylation is 1. The van der Waals surface area contributed by atoms with Gasteiger partial charge in [-0.2, -0.15) is 5.26 Å². The zero-order chi connectivity index (χ0) is 14.5. The number of nitriles is 1.